The van der Waals surface area contributed by atoms with E-state index in [0.717, 1.165) is 0 Å². The Hall–Kier alpha value is -2.17. The molecule has 1 aromatic rings. The summed E-state index contributed by atoms with van der Waals surface area (Å²) in [6, 6.07) is 5.97. The molecule has 1 aromatic carbocycles. The molecule has 0 radical (unpaired) electrons. The molecule has 1 aliphatic rings. The van der Waals surface area contributed by atoms with Gasteiger partial charge >= 0.3 is 0 Å². The van der Waals surface area contributed by atoms with Crippen LogP contribution in [-0.2, 0) is 4.79 Å². The molecule has 0 aromatic heterocycles. The van der Waals surface area contributed by atoms with Gasteiger partial charge in [0.2, 0.25) is 5.91 Å². The average Bonchev–Trinajstić information content (AvgIpc) is 2.52. The molecule has 2 amide bonds. The summed E-state index contributed by atoms with van der Waals surface area (Å²) < 4.78 is 13.6. The maximum Gasteiger partial charge on any atom is 0.256 e. The second-order valence-corrected chi connectivity index (χ2v) is 5.08. The Morgan fingerprint density at radius 3 is 2.62 bits per heavy atom. The average molecular weight is 290 g/mol. The highest BCUT2D eigenvalue weighted by Gasteiger charge is 2.28. The van der Waals surface area contributed by atoms with Crippen molar-refractivity contribution in [2.45, 2.75) is 12.8 Å². The third-order valence-corrected chi connectivity index (χ3v) is 3.68. The Bertz CT molecular complexity index is 537. The molecule has 0 aliphatic carbocycles. The molecular formula is C16H19FN2O2. The molecule has 0 atom stereocenters. The van der Waals surface area contributed by atoms with E-state index in [2.05, 4.69) is 11.9 Å². The highest BCUT2D eigenvalue weighted by atomic mass is 19.1. The molecular weight excluding hydrogens is 271 g/mol. The molecule has 112 valence electrons. The van der Waals surface area contributed by atoms with E-state index in [-0.39, 0.29) is 23.3 Å². The molecule has 2 rings (SSSR count). The highest BCUT2D eigenvalue weighted by Crippen LogP contribution is 2.20. The van der Waals surface area contributed by atoms with E-state index in [1.54, 1.807) is 23.1 Å². The maximum absolute atomic E-state index is 13.6. The van der Waals surface area contributed by atoms with Crippen LogP contribution in [0, 0.1) is 11.7 Å². The molecule has 1 fully saturated rings. The number of rotatable bonds is 4. The molecule has 0 unspecified atom stereocenters. The largest absolute Gasteiger partial charge is 0.352 e. The molecule has 1 N–H and O–H groups in total. The highest BCUT2D eigenvalue weighted by molar-refractivity contribution is 5.94. The van der Waals surface area contributed by atoms with Gasteiger partial charge in [0.25, 0.3) is 5.91 Å². The number of carbonyl (C=O) groups excluding carboxylic acids is 2. The van der Waals surface area contributed by atoms with Gasteiger partial charge in [-0.2, -0.15) is 0 Å². The zero-order valence-corrected chi connectivity index (χ0v) is 11.8. The Kier molecular flexibility index (Phi) is 5.09. The fourth-order valence-corrected chi connectivity index (χ4v) is 2.47. The summed E-state index contributed by atoms with van der Waals surface area (Å²) in [5.74, 6) is -0.908. The topological polar surface area (TPSA) is 49.4 Å². The number of hydrogen-bond acceptors (Lipinski definition) is 2. The predicted octanol–water partition coefficient (Wildman–Crippen LogP) is 1.98. The van der Waals surface area contributed by atoms with Gasteiger partial charge in [-0.3, -0.25) is 9.59 Å². The summed E-state index contributed by atoms with van der Waals surface area (Å²) in [4.78, 5) is 25.7. The first-order valence-electron chi connectivity index (χ1n) is 7.06. The van der Waals surface area contributed by atoms with Gasteiger partial charge in [-0.15, -0.1) is 6.58 Å². The third-order valence-electron chi connectivity index (χ3n) is 3.68. The van der Waals surface area contributed by atoms with Crippen molar-refractivity contribution < 1.29 is 14.0 Å². The minimum atomic E-state index is -0.506. The van der Waals surface area contributed by atoms with Crippen molar-refractivity contribution in [2.24, 2.45) is 5.92 Å². The zero-order valence-electron chi connectivity index (χ0n) is 11.8. The summed E-state index contributed by atoms with van der Waals surface area (Å²) >= 11 is 0. The quantitative estimate of drug-likeness (QED) is 0.862. The Morgan fingerprint density at radius 1 is 1.33 bits per heavy atom. The first kappa shape index (κ1) is 15.2. The molecule has 4 nitrogen and oxygen atoms in total. The van der Waals surface area contributed by atoms with Crippen molar-refractivity contribution in [2.75, 3.05) is 19.6 Å². The number of piperidine rings is 1. The lowest BCUT2D eigenvalue weighted by Crippen LogP contribution is -2.43. The Morgan fingerprint density at radius 2 is 2.00 bits per heavy atom. The molecule has 0 saturated carbocycles. The van der Waals surface area contributed by atoms with Gasteiger partial charge in [0, 0.05) is 25.6 Å². The van der Waals surface area contributed by atoms with Crippen molar-refractivity contribution >= 4 is 11.8 Å². The van der Waals surface area contributed by atoms with E-state index in [0.29, 0.717) is 32.5 Å². The van der Waals surface area contributed by atoms with Crippen molar-refractivity contribution in [1.29, 1.82) is 0 Å². The second kappa shape index (κ2) is 7.02. The van der Waals surface area contributed by atoms with Gasteiger partial charge in [0.1, 0.15) is 5.82 Å². The molecule has 1 aliphatic heterocycles. The lowest BCUT2D eigenvalue weighted by Gasteiger charge is -2.31. The lowest BCUT2D eigenvalue weighted by molar-refractivity contribution is -0.126. The van der Waals surface area contributed by atoms with E-state index in [4.69, 9.17) is 0 Å². The van der Waals surface area contributed by atoms with E-state index in [9.17, 15) is 14.0 Å². The number of halogens is 1. The van der Waals surface area contributed by atoms with Gasteiger partial charge in [-0.25, -0.2) is 4.39 Å². The predicted molar refractivity (Wildman–Crippen MR) is 78.2 cm³/mol. The van der Waals surface area contributed by atoms with E-state index < -0.39 is 5.82 Å². The van der Waals surface area contributed by atoms with Crippen molar-refractivity contribution in [3.8, 4) is 0 Å². The van der Waals surface area contributed by atoms with Crippen LogP contribution in [0.1, 0.15) is 23.2 Å². The lowest BCUT2D eigenvalue weighted by atomic mass is 9.95. The number of likely N-dealkylation sites (tertiary alicyclic amines) is 1. The van der Waals surface area contributed by atoms with Crippen LogP contribution in [0.5, 0.6) is 0 Å². The fourth-order valence-electron chi connectivity index (χ4n) is 2.47. The van der Waals surface area contributed by atoms with Crippen molar-refractivity contribution in [1.82, 2.24) is 10.2 Å². The minimum absolute atomic E-state index is 0.00658. The Balaban J connectivity index is 1.92. The summed E-state index contributed by atoms with van der Waals surface area (Å²) in [6.07, 6.45) is 2.83. The summed E-state index contributed by atoms with van der Waals surface area (Å²) in [7, 11) is 0. The standard InChI is InChI=1S/C16H19FN2O2/c1-2-9-18-15(20)12-7-10-19(11-8-12)16(21)13-5-3-4-6-14(13)17/h2-6,12H,1,7-11H2,(H,18,20). The molecule has 21 heavy (non-hydrogen) atoms. The summed E-state index contributed by atoms with van der Waals surface area (Å²) in [5, 5.41) is 2.77. The normalized spacial score (nSPS) is 15.6. The van der Waals surface area contributed by atoms with E-state index in [1.807, 2.05) is 0 Å². The fraction of sp³-hybridized carbons (Fsp3) is 0.375. The first-order valence-corrected chi connectivity index (χ1v) is 7.06. The molecule has 0 spiro atoms. The maximum atomic E-state index is 13.6. The van der Waals surface area contributed by atoms with Gasteiger partial charge in [0.15, 0.2) is 0 Å². The van der Waals surface area contributed by atoms with Crippen LogP contribution in [0.4, 0.5) is 4.39 Å². The number of nitrogens with one attached hydrogen (secondary N) is 1. The van der Waals surface area contributed by atoms with Gasteiger partial charge in [-0.05, 0) is 25.0 Å². The van der Waals surface area contributed by atoms with Crippen LogP contribution in [0.3, 0.4) is 0 Å². The molecule has 1 saturated heterocycles. The van der Waals surface area contributed by atoms with Crippen LogP contribution in [0.25, 0.3) is 0 Å². The molecule has 5 heteroatoms. The minimum Gasteiger partial charge on any atom is -0.352 e. The molecule has 1 heterocycles. The van der Waals surface area contributed by atoms with E-state index in [1.165, 1.54) is 12.1 Å². The number of carbonyl (C=O) groups is 2. The van der Waals surface area contributed by atoms with Crippen LogP contribution in [0.2, 0.25) is 0 Å². The van der Waals surface area contributed by atoms with Gasteiger partial charge in [-0.1, -0.05) is 18.2 Å². The zero-order chi connectivity index (χ0) is 15.2. The SMILES string of the molecule is C=CCNC(=O)C1CCN(C(=O)c2ccccc2F)CC1. The number of nitrogens with zero attached hydrogens (tertiary/aromatic N) is 1. The summed E-state index contributed by atoms with van der Waals surface area (Å²) in [6.45, 7) is 4.95. The number of hydrogen-bond donors (Lipinski definition) is 1. The smallest absolute Gasteiger partial charge is 0.256 e. The van der Waals surface area contributed by atoms with Crippen LogP contribution >= 0.6 is 0 Å². The van der Waals surface area contributed by atoms with E-state index >= 15 is 0 Å². The Labute approximate surface area is 123 Å². The van der Waals surface area contributed by atoms with Crippen LogP contribution < -0.4 is 5.32 Å². The van der Waals surface area contributed by atoms with Crippen molar-refractivity contribution in [3.63, 3.8) is 0 Å². The van der Waals surface area contributed by atoms with Crippen LogP contribution in [0.15, 0.2) is 36.9 Å². The second-order valence-electron chi connectivity index (χ2n) is 5.08. The monoisotopic (exact) mass is 290 g/mol. The summed E-state index contributed by atoms with van der Waals surface area (Å²) in [5.41, 5.74) is 0.0899. The molecule has 0 bridgehead atoms. The van der Waals surface area contributed by atoms with Gasteiger partial charge in [0.05, 0.1) is 5.56 Å². The van der Waals surface area contributed by atoms with Crippen molar-refractivity contribution in [3.05, 3.63) is 48.3 Å². The number of amides is 2. The number of benzene rings is 1. The third kappa shape index (κ3) is 3.68. The first-order chi connectivity index (χ1) is 10.1. The van der Waals surface area contributed by atoms with Crippen LogP contribution in [-0.4, -0.2) is 36.3 Å². The van der Waals surface area contributed by atoms with Gasteiger partial charge < -0.3 is 10.2 Å².